The second-order valence-electron chi connectivity index (χ2n) is 6.65. The van der Waals surface area contributed by atoms with Gasteiger partial charge in [-0.2, -0.15) is 0 Å². The van der Waals surface area contributed by atoms with Crippen molar-refractivity contribution in [2.45, 2.75) is 31.9 Å². The summed E-state index contributed by atoms with van der Waals surface area (Å²) >= 11 is 0. The van der Waals surface area contributed by atoms with Crippen LogP contribution in [-0.2, 0) is 4.79 Å². The van der Waals surface area contributed by atoms with Gasteiger partial charge in [-0.1, -0.05) is 6.07 Å². The second kappa shape index (κ2) is 5.53. The molecule has 1 aromatic rings. The molecule has 23 heavy (non-hydrogen) atoms. The summed E-state index contributed by atoms with van der Waals surface area (Å²) in [6, 6.07) is 5.48. The van der Waals surface area contributed by atoms with Crippen molar-refractivity contribution in [2.24, 2.45) is 5.92 Å². The fraction of sp³-hybridized carbons (Fsp3) is 0.529. The fourth-order valence-electron chi connectivity index (χ4n) is 3.78. The van der Waals surface area contributed by atoms with Gasteiger partial charge in [0.2, 0.25) is 0 Å². The molecule has 2 atom stereocenters. The Morgan fingerprint density at radius 3 is 2.83 bits per heavy atom. The Hall–Kier alpha value is -2.08. The molecule has 0 aromatic heterocycles. The number of ether oxygens (including phenoxy) is 1. The number of piperidine rings is 3. The predicted octanol–water partition coefficient (Wildman–Crippen LogP) is 1.23. The first-order chi connectivity index (χ1) is 11.1. The molecule has 0 spiro atoms. The second-order valence-corrected chi connectivity index (χ2v) is 6.65. The minimum Gasteiger partial charge on any atom is -0.478 e. The molecule has 3 fully saturated rings. The molecule has 5 rings (SSSR count). The highest BCUT2D eigenvalue weighted by Gasteiger charge is 2.36. The summed E-state index contributed by atoms with van der Waals surface area (Å²) in [6.45, 7) is 4.90. The molecule has 4 aliphatic rings. The van der Waals surface area contributed by atoms with E-state index in [1.165, 1.54) is 0 Å². The van der Waals surface area contributed by atoms with Crippen molar-refractivity contribution in [1.82, 2.24) is 10.2 Å². The molecular weight excluding hydrogens is 294 g/mol. The van der Waals surface area contributed by atoms with Crippen LogP contribution in [0.2, 0.25) is 0 Å². The highest BCUT2D eigenvalue weighted by molar-refractivity contribution is 6.04. The summed E-state index contributed by atoms with van der Waals surface area (Å²) in [4.78, 5) is 26.8. The third kappa shape index (κ3) is 2.57. The van der Waals surface area contributed by atoms with Crippen LogP contribution in [0, 0.1) is 5.92 Å². The number of nitrogens with zero attached hydrogens (tertiary/aromatic N) is 1. The first-order valence-electron chi connectivity index (χ1n) is 8.25. The Morgan fingerprint density at radius 1 is 1.35 bits per heavy atom. The molecule has 3 saturated heterocycles. The number of fused-ring (bicyclic) bond motifs is 4. The summed E-state index contributed by atoms with van der Waals surface area (Å²) in [7, 11) is 0. The van der Waals surface area contributed by atoms with E-state index in [4.69, 9.17) is 4.74 Å². The van der Waals surface area contributed by atoms with Gasteiger partial charge in [0.1, 0.15) is 0 Å². The maximum atomic E-state index is 12.7. The summed E-state index contributed by atoms with van der Waals surface area (Å²) in [5, 5.41) is 5.95. The molecule has 4 heterocycles. The van der Waals surface area contributed by atoms with Crippen molar-refractivity contribution in [3.8, 4) is 5.75 Å². The van der Waals surface area contributed by atoms with Crippen LogP contribution in [0.3, 0.4) is 0 Å². The Balaban J connectivity index is 1.55. The Morgan fingerprint density at radius 2 is 2.13 bits per heavy atom. The highest BCUT2D eigenvalue weighted by Crippen LogP contribution is 2.34. The van der Waals surface area contributed by atoms with Gasteiger partial charge < -0.3 is 20.3 Å². The molecule has 0 saturated carbocycles. The van der Waals surface area contributed by atoms with Crippen LogP contribution in [0.25, 0.3) is 0 Å². The van der Waals surface area contributed by atoms with E-state index < -0.39 is 6.10 Å². The highest BCUT2D eigenvalue weighted by atomic mass is 16.5. The largest absolute Gasteiger partial charge is 0.478 e. The normalized spacial score (nSPS) is 31.8. The van der Waals surface area contributed by atoms with Crippen molar-refractivity contribution >= 4 is 17.5 Å². The third-order valence-electron chi connectivity index (χ3n) is 5.15. The van der Waals surface area contributed by atoms with E-state index in [0.717, 1.165) is 32.5 Å². The molecule has 4 aliphatic heterocycles. The molecule has 0 aliphatic carbocycles. The van der Waals surface area contributed by atoms with E-state index in [0.29, 0.717) is 22.9 Å². The van der Waals surface area contributed by atoms with Gasteiger partial charge in [0.15, 0.2) is 11.9 Å². The lowest BCUT2D eigenvalue weighted by atomic mass is 9.84. The number of hydrogen-bond donors (Lipinski definition) is 2. The lowest BCUT2D eigenvalue weighted by molar-refractivity contribution is -0.122. The van der Waals surface area contributed by atoms with Crippen molar-refractivity contribution < 1.29 is 14.3 Å². The first kappa shape index (κ1) is 14.5. The summed E-state index contributed by atoms with van der Waals surface area (Å²) < 4.78 is 5.66. The third-order valence-corrected chi connectivity index (χ3v) is 5.15. The van der Waals surface area contributed by atoms with E-state index in [1.807, 2.05) is 0 Å². The number of amides is 2. The number of carbonyl (C=O) groups is 2. The smallest absolute Gasteiger partial charge is 0.265 e. The van der Waals surface area contributed by atoms with Gasteiger partial charge in [-0.25, -0.2) is 0 Å². The van der Waals surface area contributed by atoms with Crippen LogP contribution >= 0.6 is 0 Å². The first-order valence-corrected chi connectivity index (χ1v) is 8.25. The molecule has 6 heteroatoms. The number of nitrogens with one attached hydrogen (secondary N) is 2. The zero-order valence-corrected chi connectivity index (χ0v) is 13.2. The van der Waals surface area contributed by atoms with E-state index in [1.54, 1.807) is 25.1 Å². The molecule has 6 nitrogen and oxygen atoms in total. The Labute approximate surface area is 135 Å². The maximum Gasteiger partial charge on any atom is 0.265 e. The molecule has 2 amide bonds. The van der Waals surface area contributed by atoms with Gasteiger partial charge in [0.05, 0.1) is 11.3 Å². The van der Waals surface area contributed by atoms with Crippen LogP contribution in [0.5, 0.6) is 5.75 Å². The van der Waals surface area contributed by atoms with Gasteiger partial charge in [0.25, 0.3) is 11.8 Å². The summed E-state index contributed by atoms with van der Waals surface area (Å²) in [6.07, 6.45) is 1.72. The number of hydrogen-bond acceptors (Lipinski definition) is 4. The lowest BCUT2D eigenvalue weighted by Gasteiger charge is -2.45. The average Bonchev–Trinajstić information content (AvgIpc) is 2.56. The number of rotatable bonds is 2. The number of carbonyl (C=O) groups excluding carboxylic acids is 2. The van der Waals surface area contributed by atoms with E-state index in [9.17, 15) is 9.59 Å². The van der Waals surface area contributed by atoms with Gasteiger partial charge in [0, 0.05) is 12.6 Å². The summed E-state index contributed by atoms with van der Waals surface area (Å²) in [5.74, 6) is 0.734. The Kier molecular flexibility index (Phi) is 3.49. The minimum absolute atomic E-state index is 0.121. The maximum absolute atomic E-state index is 12.7. The fourth-order valence-corrected chi connectivity index (χ4v) is 3.78. The van der Waals surface area contributed by atoms with Gasteiger partial charge in [-0.3, -0.25) is 9.59 Å². The quantitative estimate of drug-likeness (QED) is 0.861. The van der Waals surface area contributed by atoms with Crippen molar-refractivity contribution in [3.05, 3.63) is 23.8 Å². The topological polar surface area (TPSA) is 70.7 Å². The monoisotopic (exact) mass is 315 g/mol. The average molecular weight is 315 g/mol. The van der Waals surface area contributed by atoms with Gasteiger partial charge >= 0.3 is 0 Å². The summed E-state index contributed by atoms with van der Waals surface area (Å²) in [5.41, 5.74) is 1.06. The molecule has 0 radical (unpaired) electrons. The molecule has 1 aromatic carbocycles. The van der Waals surface area contributed by atoms with Crippen LogP contribution in [-0.4, -0.2) is 48.5 Å². The zero-order valence-electron chi connectivity index (χ0n) is 13.2. The predicted molar refractivity (Wildman–Crippen MR) is 85.6 cm³/mol. The van der Waals surface area contributed by atoms with Crippen LogP contribution in [0.1, 0.15) is 30.1 Å². The zero-order chi connectivity index (χ0) is 16.0. The Bertz CT molecular complexity index is 652. The standard InChI is InChI=1S/C17H21N3O3/c1-10-16(21)18-13-4-2-3-12(15(13)23-10)17(22)19-14-9-20-7-5-11(14)6-8-20/h2-4,10-11,14H,5-9H2,1H3,(H,18,21)(H,19,22). The SMILES string of the molecule is CC1Oc2c(cccc2C(=O)NC2CN3CCC2CC3)NC1=O. The van der Waals surface area contributed by atoms with Gasteiger partial charge in [-0.05, 0) is 50.9 Å². The molecule has 2 N–H and O–H groups in total. The number of anilines is 1. The minimum atomic E-state index is -0.590. The van der Waals surface area contributed by atoms with Crippen molar-refractivity contribution in [2.75, 3.05) is 25.0 Å². The van der Waals surface area contributed by atoms with Crippen LogP contribution in [0.15, 0.2) is 18.2 Å². The molecule has 2 bridgehead atoms. The molecule has 2 unspecified atom stereocenters. The van der Waals surface area contributed by atoms with Crippen molar-refractivity contribution in [3.63, 3.8) is 0 Å². The molecular formula is C17H21N3O3. The van der Waals surface area contributed by atoms with Crippen LogP contribution < -0.4 is 15.4 Å². The van der Waals surface area contributed by atoms with Crippen molar-refractivity contribution in [1.29, 1.82) is 0 Å². The molecule has 122 valence electrons. The van der Waals surface area contributed by atoms with E-state index >= 15 is 0 Å². The van der Waals surface area contributed by atoms with E-state index in [-0.39, 0.29) is 17.9 Å². The van der Waals surface area contributed by atoms with Crippen LogP contribution in [0.4, 0.5) is 5.69 Å². The number of benzene rings is 1. The lowest BCUT2D eigenvalue weighted by Crippen LogP contribution is -2.57. The number of para-hydroxylation sites is 1. The van der Waals surface area contributed by atoms with Gasteiger partial charge in [-0.15, -0.1) is 0 Å². The van der Waals surface area contributed by atoms with E-state index in [2.05, 4.69) is 15.5 Å².